The maximum absolute atomic E-state index is 14.3. The van der Waals surface area contributed by atoms with Crippen molar-refractivity contribution >= 4 is 28.8 Å². The van der Waals surface area contributed by atoms with Crippen LogP contribution in [0.4, 0.5) is 5.69 Å². The molecule has 3 aliphatic rings. The lowest BCUT2D eigenvalue weighted by molar-refractivity contribution is -0.123. The number of amides is 2. The molecule has 6 rings (SSSR count). The van der Waals surface area contributed by atoms with E-state index in [1.165, 1.54) is 33.9 Å². The van der Waals surface area contributed by atoms with Gasteiger partial charge >= 0.3 is 0 Å². The van der Waals surface area contributed by atoms with Crippen molar-refractivity contribution < 1.29 is 14.3 Å². The summed E-state index contributed by atoms with van der Waals surface area (Å²) in [6.45, 7) is 2.87. The predicted octanol–water partition coefficient (Wildman–Crippen LogP) is 6.95. The zero-order valence-corrected chi connectivity index (χ0v) is 26.9. The monoisotopic (exact) mass is 614 g/mol. The smallest absolute Gasteiger partial charge is 0.233 e. The minimum atomic E-state index is -0.119. The van der Waals surface area contributed by atoms with Crippen LogP contribution in [0.1, 0.15) is 92.2 Å². The van der Waals surface area contributed by atoms with Gasteiger partial charge in [-0.25, -0.2) is 4.98 Å². The summed E-state index contributed by atoms with van der Waals surface area (Å²) in [6, 6.07) is 15.2. The van der Waals surface area contributed by atoms with Gasteiger partial charge in [0.05, 0.1) is 23.5 Å². The third kappa shape index (κ3) is 7.18. The normalized spacial score (nSPS) is 23.6. The molecule has 0 saturated heterocycles. The summed E-state index contributed by atoms with van der Waals surface area (Å²) in [6.07, 6.45) is 12.2. The number of benzene rings is 2. The summed E-state index contributed by atoms with van der Waals surface area (Å²) < 4.78 is 5.48. The van der Waals surface area contributed by atoms with Crippen molar-refractivity contribution in [3.63, 3.8) is 0 Å². The van der Waals surface area contributed by atoms with Crippen LogP contribution in [-0.4, -0.2) is 43.0 Å². The average molecular weight is 615 g/mol. The highest BCUT2D eigenvalue weighted by Gasteiger charge is 2.33. The molecule has 3 fully saturated rings. The van der Waals surface area contributed by atoms with Crippen molar-refractivity contribution in [1.82, 2.24) is 10.3 Å². The lowest BCUT2D eigenvalue weighted by Gasteiger charge is -2.36. The van der Waals surface area contributed by atoms with Gasteiger partial charge in [-0.1, -0.05) is 24.3 Å². The number of thiazole rings is 1. The Morgan fingerprint density at radius 1 is 0.977 bits per heavy atom. The van der Waals surface area contributed by atoms with Crippen LogP contribution < -0.4 is 20.7 Å². The number of carbonyl (C=O) groups is 2. The number of hydrogen-bond donors (Lipinski definition) is 2. The lowest BCUT2D eigenvalue weighted by Crippen LogP contribution is -2.45. The Morgan fingerprint density at radius 2 is 1.73 bits per heavy atom. The molecule has 0 unspecified atom stereocenters. The second-order valence-electron chi connectivity index (χ2n) is 13.1. The topological polar surface area (TPSA) is 97.5 Å². The highest BCUT2D eigenvalue weighted by molar-refractivity contribution is 7.15. The minimum Gasteiger partial charge on any atom is -0.496 e. The first kappa shape index (κ1) is 30.8. The molecule has 0 spiro atoms. The average Bonchev–Trinajstić information content (AvgIpc) is 3.79. The van der Waals surface area contributed by atoms with E-state index < -0.39 is 0 Å². The molecule has 3 N–H and O–H groups in total. The Balaban J connectivity index is 1.17. The lowest BCUT2D eigenvalue weighted by atomic mass is 9.78. The first-order valence-electron chi connectivity index (χ1n) is 16.4. The van der Waals surface area contributed by atoms with E-state index >= 15 is 0 Å². The summed E-state index contributed by atoms with van der Waals surface area (Å²) in [7, 11) is 1.73. The molecule has 3 aromatic rings. The highest BCUT2D eigenvalue weighted by atomic mass is 32.1. The molecule has 0 aliphatic heterocycles. The maximum atomic E-state index is 14.3. The van der Waals surface area contributed by atoms with Gasteiger partial charge in [0.1, 0.15) is 5.75 Å². The van der Waals surface area contributed by atoms with Gasteiger partial charge < -0.3 is 20.7 Å². The summed E-state index contributed by atoms with van der Waals surface area (Å²) in [5, 5.41) is 4.26. The van der Waals surface area contributed by atoms with E-state index in [0.29, 0.717) is 17.8 Å². The number of nitrogens with two attached hydrogens (primary N) is 1. The summed E-state index contributed by atoms with van der Waals surface area (Å²) >= 11 is 1.79. The number of nitrogens with zero attached hydrogens (tertiary/aromatic N) is 2. The number of rotatable bonds is 10. The molecule has 0 bridgehead atoms. The zero-order valence-electron chi connectivity index (χ0n) is 26.1. The van der Waals surface area contributed by atoms with Crippen molar-refractivity contribution in [2.24, 2.45) is 17.6 Å². The van der Waals surface area contributed by atoms with Crippen LogP contribution in [0.3, 0.4) is 0 Å². The van der Waals surface area contributed by atoms with E-state index in [0.717, 1.165) is 74.9 Å². The molecule has 2 amide bonds. The fourth-order valence-electron chi connectivity index (χ4n) is 7.17. The second-order valence-corrected chi connectivity index (χ2v) is 14.2. The summed E-state index contributed by atoms with van der Waals surface area (Å²) in [5.41, 5.74) is 10.2. The van der Waals surface area contributed by atoms with Crippen molar-refractivity contribution in [2.45, 2.75) is 89.0 Å². The van der Waals surface area contributed by atoms with Crippen LogP contribution in [0.15, 0.2) is 48.7 Å². The number of methoxy groups -OCH3 is 1. The predicted molar refractivity (Wildman–Crippen MR) is 177 cm³/mol. The van der Waals surface area contributed by atoms with E-state index in [1.807, 2.05) is 6.20 Å². The Bertz CT molecular complexity index is 1450. The van der Waals surface area contributed by atoms with Crippen molar-refractivity contribution in [1.29, 1.82) is 0 Å². The Morgan fingerprint density at radius 3 is 2.41 bits per heavy atom. The van der Waals surface area contributed by atoms with Gasteiger partial charge in [-0.3, -0.25) is 9.59 Å². The second kappa shape index (κ2) is 13.8. The van der Waals surface area contributed by atoms with E-state index in [9.17, 15) is 9.59 Å². The SMILES string of the molecule is COc1ccc(C2CCC(CN(C(=O)C3CCC(NC(=O)CN)CC3)c3cccc(-c4cnc(C5CC5)s4)c3)CC2)cc1C. The van der Waals surface area contributed by atoms with Crippen LogP contribution in [0.25, 0.3) is 10.4 Å². The molecule has 234 valence electrons. The quantitative estimate of drug-likeness (QED) is 0.258. The van der Waals surface area contributed by atoms with Gasteiger partial charge in [-0.15, -0.1) is 11.3 Å². The molecule has 44 heavy (non-hydrogen) atoms. The Labute approximate surface area is 265 Å². The van der Waals surface area contributed by atoms with Crippen LogP contribution in [-0.2, 0) is 9.59 Å². The van der Waals surface area contributed by atoms with E-state index in [1.54, 1.807) is 18.4 Å². The third-order valence-electron chi connectivity index (χ3n) is 9.96. The van der Waals surface area contributed by atoms with Gasteiger partial charge in [0.25, 0.3) is 0 Å². The van der Waals surface area contributed by atoms with E-state index in [2.05, 4.69) is 59.6 Å². The Hall–Kier alpha value is -3.23. The summed E-state index contributed by atoms with van der Waals surface area (Å²) in [5.74, 6) is 2.66. The van der Waals surface area contributed by atoms with Crippen LogP contribution in [0.2, 0.25) is 0 Å². The molecule has 7 nitrogen and oxygen atoms in total. The molecular weight excluding hydrogens is 568 g/mol. The first-order valence-corrected chi connectivity index (χ1v) is 17.2. The molecule has 3 aliphatic carbocycles. The molecule has 2 aromatic carbocycles. The van der Waals surface area contributed by atoms with Crippen LogP contribution in [0, 0.1) is 18.8 Å². The summed E-state index contributed by atoms with van der Waals surface area (Å²) in [4.78, 5) is 34.1. The maximum Gasteiger partial charge on any atom is 0.233 e. The van der Waals surface area contributed by atoms with Crippen molar-refractivity contribution in [3.05, 3.63) is 64.8 Å². The van der Waals surface area contributed by atoms with Gasteiger partial charge in [0, 0.05) is 36.3 Å². The van der Waals surface area contributed by atoms with Crippen LogP contribution in [0.5, 0.6) is 5.75 Å². The fraction of sp³-hybridized carbons (Fsp3) is 0.528. The van der Waals surface area contributed by atoms with Crippen molar-refractivity contribution in [3.8, 4) is 16.2 Å². The fourth-order valence-corrected chi connectivity index (χ4v) is 8.26. The largest absolute Gasteiger partial charge is 0.496 e. The van der Waals surface area contributed by atoms with Crippen molar-refractivity contribution in [2.75, 3.05) is 25.1 Å². The number of hydrogen-bond acceptors (Lipinski definition) is 6. The van der Waals surface area contributed by atoms with E-state index in [-0.39, 0.29) is 30.3 Å². The molecule has 8 heteroatoms. The van der Waals surface area contributed by atoms with E-state index in [4.69, 9.17) is 15.5 Å². The highest BCUT2D eigenvalue weighted by Crippen LogP contribution is 2.44. The number of ether oxygens (including phenoxy) is 1. The number of aryl methyl sites for hydroxylation is 1. The van der Waals surface area contributed by atoms with Gasteiger partial charge in [0.2, 0.25) is 11.8 Å². The first-order chi connectivity index (χ1) is 21.4. The zero-order chi connectivity index (χ0) is 30.6. The molecular formula is C36H46N4O3S. The number of nitrogens with one attached hydrogen (secondary N) is 1. The third-order valence-corrected chi connectivity index (χ3v) is 11.2. The number of anilines is 1. The van der Waals surface area contributed by atoms with Crippen LogP contribution >= 0.6 is 11.3 Å². The number of carbonyl (C=O) groups excluding carboxylic acids is 2. The van der Waals surface area contributed by atoms with Gasteiger partial charge in [0.15, 0.2) is 0 Å². The standard InChI is InChI=1S/C36H46N4O3S/c1-23-18-28(14-17-32(23)43-2)25-8-6-24(7-9-25)22-40(36(42)27-12-15-30(16-13-27)39-34(41)20-37)31-5-3-4-29(19-31)33-21-38-35(44-33)26-10-11-26/h3-5,14,17-19,21,24-27,30H,6-13,15-16,20,22,37H2,1-2H3,(H,39,41). The number of aromatic nitrogens is 1. The molecule has 1 heterocycles. The van der Waals surface area contributed by atoms with Gasteiger partial charge in [-0.05, 0) is 118 Å². The molecule has 3 saturated carbocycles. The molecule has 1 aromatic heterocycles. The molecule has 0 atom stereocenters. The van der Waals surface area contributed by atoms with Gasteiger partial charge in [-0.2, -0.15) is 0 Å². The Kier molecular flexibility index (Phi) is 9.67. The minimum absolute atomic E-state index is 0.00516. The molecule has 0 radical (unpaired) electrons.